The van der Waals surface area contributed by atoms with E-state index in [0.29, 0.717) is 10.6 Å². The number of nitrogens with zero attached hydrogens (tertiary/aromatic N) is 1. The second-order valence-corrected chi connectivity index (χ2v) is 5.49. The highest BCUT2D eigenvalue weighted by atomic mass is 35.5. The number of carbonyl (C=O) groups excluding carboxylic acids is 1. The first kappa shape index (κ1) is 13.8. The molecule has 19 heavy (non-hydrogen) atoms. The van der Waals surface area contributed by atoms with Crippen LogP contribution in [0.2, 0.25) is 5.02 Å². The Labute approximate surface area is 116 Å². The normalized spacial score (nSPS) is 11.6. The number of rotatable bonds is 3. The maximum Gasteiger partial charge on any atom is 0.253 e. The molecule has 1 amide bonds. The lowest BCUT2D eigenvalue weighted by Crippen LogP contribution is -2.46. The number of fused-ring (bicyclic) bond motifs is 1. The second-order valence-electron chi connectivity index (χ2n) is 5.06. The van der Waals surface area contributed by atoms with Crippen LogP contribution in [0.3, 0.4) is 0 Å². The van der Waals surface area contributed by atoms with Gasteiger partial charge >= 0.3 is 0 Å². The monoisotopic (exact) mass is 278 g/mol. The number of carbonyl (C=O) groups is 1. The third kappa shape index (κ3) is 3.22. The van der Waals surface area contributed by atoms with Gasteiger partial charge in [-0.1, -0.05) is 17.7 Å². The highest BCUT2D eigenvalue weighted by Gasteiger charge is 2.20. The van der Waals surface area contributed by atoms with Gasteiger partial charge in [0.2, 0.25) is 0 Å². The Balaban J connectivity index is 2.31. The number of hydrogen-bond acceptors (Lipinski definition) is 3. The van der Waals surface area contributed by atoms with Crippen LogP contribution in [-0.4, -0.2) is 28.1 Å². The van der Waals surface area contributed by atoms with E-state index in [4.69, 9.17) is 16.7 Å². The summed E-state index contributed by atoms with van der Waals surface area (Å²) >= 11 is 5.88. The van der Waals surface area contributed by atoms with Gasteiger partial charge in [0.25, 0.3) is 5.91 Å². The van der Waals surface area contributed by atoms with Crippen molar-refractivity contribution in [2.45, 2.75) is 19.4 Å². The van der Waals surface area contributed by atoms with E-state index in [2.05, 4.69) is 10.3 Å². The van der Waals surface area contributed by atoms with Crippen molar-refractivity contribution in [1.82, 2.24) is 10.3 Å². The van der Waals surface area contributed by atoms with E-state index >= 15 is 0 Å². The molecule has 1 aromatic carbocycles. The van der Waals surface area contributed by atoms with Crippen LogP contribution in [0.5, 0.6) is 0 Å². The van der Waals surface area contributed by atoms with Gasteiger partial charge < -0.3 is 10.4 Å². The Morgan fingerprint density at radius 3 is 2.84 bits per heavy atom. The molecule has 100 valence electrons. The zero-order valence-corrected chi connectivity index (χ0v) is 11.5. The lowest BCUT2D eigenvalue weighted by Gasteiger charge is -2.23. The van der Waals surface area contributed by atoms with Gasteiger partial charge in [0, 0.05) is 16.6 Å². The third-order valence-electron chi connectivity index (χ3n) is 2.76. The van der Waals surface area contributed by atoms with Gasteiger partial charge in [0.15, 0.2) is 0 Å². The van der Waals surface area contributed by atoms with Gasteiger partial charge in [-0.15, -0.1) is 0 Å². The molecule has 2 N–H and O–H groups in total. The van der Waals surface area contributed by atoms with Crippen molar-refractivity contribution in [3.8, 4) is 0 Å². The lowest BCUT2D eigenvalue weighted by atomic mass is 10.1. The van der Waals surface area contributed by atoms with E-state index < -0.39 is 5.54 Å². The van der Waals surface area contributed by atoms with Crippen LogP contribution in [0.25, 0.3) is 10.9 Å². The number of pyridine rings is 1. The number of nitrogens with one attached hydrogen (secondary N) is 1. The summed E-state index contributed by atoms with van der Waals surface area (Å²) in [7, 11) is 0. The highest BCUT2D eigenvalue weighted by molar-refractivity contribution is 6.31. The maximum absolute atomic E-state index is 12.0. The Bertz CT molecular complexity index is 626. The van der Waals surface area contributed by atoms with Crippen molar-refractivity contribution >= 4 is 28.4 Å². The molecule has 0 saturated carbocycles. The predicted octanol–water partition coefficient (Wildman–Crippen LogP) is 2.39. The minimum atomic E-state index is -0.661. The molecule has 5 heteroatoms. The van der Waals surface area contributed by atoms with E-state index in [1.54, 1.807) is 32.0 Å². The van der Waals surface area contributed by atoms with Crippen LogP contribution in [0.4, 0.5) is 0 Å². The van der Waals surface area contributed by atoms with E-state index in [1.807, 2.05) is 6.07 Å². The van der Waals surface area contributed by atoms with Gasteiger partial charge in [-0.25, -0.2) is 0 Å². The minimum Gasteiger partial charge on any atom is -0.394 e. The Morgan fingerprint density at radius 1 is 1.42 bits per heavy atom. The Kier molecular flexibility index (Phi) is 3.73. The van der Waals surface area contributed by atoms with E-state index in [9.17, 15) is 4.79 Å². The first-order valence-electron chi connectivity index (χ1n) is 5.90. The SMILES string of the molecule is CC(C)(CO)NC(=O)c1cnc2cc(Cl)ccc2c1. The van der Waals surface area contributed by atoms with Crippen molar-refractivity contribution in [2.24, 2.45) is 0 Å². The average molecular weight is 279 g/mol. The zero-order chi connectivity index (χ0) is 14.0. The number of hydrogen-bond donors (Lipinski definition) is 2. The topological polar surface area (TPSA) is 62.2 Å². The molecule has 4 nitrogen and oxygen atoms in total. The van der Waals surface area contributed by atoms with Crippen LogP contribution in [-0.2, 0) is 0 Å². The lowest BCUT2D eigenvalue weighted by molar-refractivity contribution is 0.0869. The molecule has 0 aliphatic heterocycles. The molecule has 2 aromatic rings. The number of aliphatic hydroxyl groups excluding tert-OH is 1. The molecule has 0 saturated heterocycles. The molecular weight excluding hydrogens is 264 g/mol. The van der Waals surface area contributed by atoms with Crippen LogP contribution in [0, 0.1) is 0 Å². The van der Waals surface area contributed by atoms with Crippen molar-refractivity contribution < 1.29 is 9.90 Å². The van der Waals surface area contributed by atoms with Gasteiger partial charge in [-0.3, -0.25) is 9.78 Å². The third-order valence-corrected chi connectivity index (χ3v) is 2.99. The van der Waals surface area contributed by atoms with Gasteiger partial charge in [-0.2, -0.15) is 0 Å². The molecule has 2 rings (SSSR count). The van der Waals surface area contributed by atoms with Crippen molar-refractivity contribution in [3.63, 3.8) is 0 Å². The predicted molar refractivity (Wildman–Crippen MR) is 75.4 cm³/mol. The zero-order valence-electron chi connectivity index (χ0n) is 10.8. The summed E-state index contributed by atoms with van der Waals surface area (Å²) in [5.41, 5.74) is 0.535. The summed E-state index contributed by atoms with van der Waals surface area (Å²) in [5.74, 6) is -0.261. The molecular formula is C14H15ClN2O2. The largest absolute Gasteiger partial charge is 0.394 e. The van der Waals surface area contributed by atoms with Crippen molar-refractivity contribution in [3.05, 3.63) is 41.0 Å². The quantitative estimate of drug-likeness (QED) is 0.906. The number of aromatic nitrogens is 1. The molecule has 1 heterocycles. The maximum atomic E-state index is 12.0. The first-order chi connectivity index (χ1) is 8.91. The fourth-order valence-electron chi connectivity index (χ4n) is 1.64. The molecule has 0 aliphatic carbocycles. The van der Waals surface area contributed by atoms with Gasteiger partial charge in [-0.05, 0) is 32.0 Å². The summed E-state index contributed by atoms with van der Waals surface area (Å²) in [6, 6.07) is 7.07. The molecule has 0 bridgehead atoms. The first-order valence-corrected chi connectivity index (χ1v) is 6.28. The van der Waals surface area contributed by atoms with Crippen molar-refractivity contribution in [2.75, 3.05) is 6.61 Å². The molecule has 0 aliphatic rings. The summed E-state index contributed by atoms with van der Waals surface area (Å²) in [6.07, 6.45) is 1.50. The molecule has 0 radical (unpaired) electrons. The van der Waals surface area contributed by atoms with Crippen LogP contribution in [0.15, 0.2) is 30.5 Å². The molecule has 0 atom stereocenters. The van der Waals surface area contributed by atoms with Crippen molar-refractivity contribution in [1.29, 1.82) is 0 Å². The van der Waals surface area contributed by atoms with E-state index in [-0.39, 0.29) is 12.5 Å². The number of amides is 1. The average Bonchev–Trinajstić information content (AvgIpc) is 2.37. The van der Waals surface area contributed by atoms with Gasteiger partial charge in [0.05, 0.1) is 23.2 Å². The molecule has 1 aromatic heterocycles. The fourth-order valence-corrected chi connectivity index (χ4v) is 1.80. The molecule has 0 fully saturated rings. The standard InChI is InChI=1S/C14H15ClN2O2/c1-14(2,8-18)17-13(19)10-5-9-3-4-11(15)6-12(9)16-7-10/h3-7,18H,8H2,1-2H3,(H,17,19). The summed E-state index contributed by atoms with van der Waals surface area (Å²) < 4.78 is 0. The fraction of sp³-hybridized carbons (Fsp3) is 0.286. The van der Waals surface area contributed by atoms with E-state index in [0.717, 1.165) is 10.9 Å². The number of aliphatic hydroxyl groups is 1. The number of benzene rings is 1. The van der Waals surface area contributed by atoms with Crippen LogP contribution < -0.4 is 5.32 Å². The summed E-state index contributed by atoms with van der Waals surface area (Å²) in [4.78, 5) is 16.3. The second kappa shape index (κ2) is 5.15. The molecule has 0 spiro atoms. The van der Waals surface area contributed by atoms with Crippen LogP contribution >= 0.6 is 11.6 Å². The Morgan fingerprint density at radius 2 is 2.16 bits per heavy atom. The minimum absolute atomic E-state index is 0.130. The van der Waals surface area contributed by atoms with E-state index in [1.165, 1.54) is 6.20 Å². The summed E-state index contributed by atoms with van der Waals surface area (Å²) in [5, 5.41) is 13.3. The van der Waals surface area contributed by atoms with Crippen LogP contribution in [0.1, 0.15) is 24.2 Å². The number of halogens is 1. The highest BCUT2D eigenvalue weighted by Crippen LogP contribution is 2.18. The Hall–Kier alpha value is -1.65. The molecule has 0 unspecified atom stereocenters. The smallest absolute Gasteiger partial charge is 0.253 e. The van der Waals surface area contributed by atoms with Gasteiger partial charge in [0.1, 0.15) is 0 Å². The summed E-state index contributed by atoms with van der Waals surface area (Å²) in [6.45, 7) is 3.37.